The molecule has 1 aliphatic rings. The fourth-order valence-electron chi connectivity index (χ4n) is 2.11. The summed E-state index contributed by atoms with van der Waals surface area (Å²) >= 11 is 0. The van der Waals surface area contributed by atoms with Crippen LogP contribution in [0.1, 0.15) is 32.8 Å². The van der Waals surface area contributed by atoms with Crippen LogP contribution < -0.4 is 5.32 Å². The van der Waals surface area contributed by atoms with Gasteiger partial charge in [-0.15, -0.1) is 0 Å². The van der Waals surface area contributed by atoms with E-state index < -0.39 is 0 Å². The van der Waals surface area contributed by atoms with Gasteiger partial charge in [0.25, 0.3) is 0 Å². The Morgan fingerprint density at radius 1 is 1.43 bits per heavy atom. The maximum absolute atomic E-state index is 11.4. The molecule has 3 nitrogen and oxygen atoms in total. The molecule has 0 saturated carbocycles. The first-order chi connectivity index (χ1) is 6.46. The Bertz CT molecular complexity index is 353. The number of rotatable bonds is 1. The third-order valence-electron chi connectivity index (χ3n) is 3.50. The van der Waals surface area contributed by atoms with E-state index in [0.717, 1.165) is 5.56 Å². The van der Waals surface area contributed by atoms with Gasteiger partial charge in [0.05, 0.1) is 12.5 Å². The van der Waals surface area contributed by atoms with E-state index in [1.54, 1.807) is 12.5 Å². The van der Waals surface area contributed by atoms with Crippen molar-refractivity contribution in [1.29, 1.82) is 0 Å². The van der Waals surface area contributed by atoms with Gasteiger partial charge in [0.2, 0.25) is 5.91 Å². The second kappa shape index (κ2) is 2.62. The molecule has 1 amide bonds. The molecule has 1 saturated heterocycles. The molecule has 0 spiro atoms. The fraction of sp³-hybridized carbons (Fsp3) is 0.545. The van der Waals surface area contributed by atoms with Crippen LogP contribution in [-0.4, -0.2) is 11.4 Å². The van der Waals surface area contributed by atoms with Crippen molar-refractivity contribution in [1.82, 2.24) is 5.32 Å². The smallest absolute Gasteiger partial charge is 0.221 e. The van der Waals surface area contributed by atoms with Gasteiger partial charge in [-0.25, -0.2) is 0 Å². The van der Waals surface area contributed by atoms with Crippen LogP contribution >= 0.6 is 0 Å². The molecule has 1 aliphatic heterocycles. The second-order valence-electron chi connectivity index (χ2n) is 4.69. The molecule has 1 unspecified atom stereocenters. The number of carbonyl (C=O) groups is 1. The number of hydrogen-bond donors (Lipinski definition) is 1. The summed E-state index contributed by atoms with van der Waals surface area (Å²) in [5.41, 5.74) is 0.700. The van der Waals surface area contributed by atoms with Crippen LogP contribution in [0.4, 0.5) is 0 Å². The Morgan fingerprint density at radius 3 is 2.57 bits per heavy atom. The molecule has 76 valence electrons. The summed E-state index contributed by atoms with van der Waals surface area (Å²) in [7, 11) is 0. The maximum Gasteiger partial charge on any atom is 0.221 e. The van der Waals surface area contributed by atoms with Crippen molar-refractivity contribution >= 4 is 5.91 Å². The number of amides is 1. The minimum atomic E-state index is -0.214. The minimum Gasteiger partial charge on any atom is -0.472 e. The highest BCUT2D eigenvalue weighted by molar-refractivity contribution is 5.82. The number of nitrogens with one attached hydrogen (secondary N) is 1. The van der Waals surface area contributed by atoms with Crippen LogP contribution in [0, 0.1) is 0 Å². The Morgan fingerprint density at radius 2 is 2.14 bits per heavy atom. The van der Waals surface area contributed by atoms with Crippen molar-refractivity contribution in [3.8, 4) is 0 Å². The zero-order chi connectivity index (χ0) is 10.4. The molecule has 1 aromatic heterocycles. The first kappa shape index (κ1) is 9.31. The Labute approximate surface area is 83.5 Å². The van der Waals surface area contributed by atoms with Gasteiger partial charge in [0.15, 0.2) is 0 Å². The lowest BCUT2D eigenvalue weighted by molar-refractivity contribution is -0.119. The summed E-state index contributed by atoms with van der Waals surface area (Å²) in [6.45, 7) is 6.19. The fourth-order valence-corrected chi connectivity index (χ4v) is 2.11. The van der Waals surface area contributed by atoms with Crippen molar-refractivity contribution < 1.29 is 9.21 Å². The Kier molecular flexibility index (Phi) is 1.74. The monoisotopic (exact) mass is 193 g/mol. The van der Waals surface area contributed by atoms with Crippen LogP contribution in [0.15, 0.2) is 23.0 Å². The van der Waals surface area contributed by atoms with Gasteiger partial charge in [0.1, 0.15) is 0 Å². The number of carbonyl (C=O) groups excluding carboxylic acids is 1. The summed E-state index contributed by atoms with van der Waals surface area (Å²) in [6.07, 6.45) is 3.90. The predicted molar refractivity (Wildman–Crippen MR) is 52.9 cm³/mol. The molecule has 2 rings (SSSR count). The van der Waals surface area contributed by atoms with E-state index >= 15 is 0 Å². The zero-order valence-corrected chi connectivity index (χ0v) is 8.76. The van der Waals surface area contributed by atoms with Crippen LogP contribution in [-0.2, 0) is 10.2 Å². The highest BCUT2D eigenvalue weighted by Gasteiger charge is 2.50. The average Bonchev–Trinajstić information content (AvgIpc) is 2.58. The number of hydrogen-bond acceptors (Lipinski definition) is 2. The molecular formula is C11H15NO2. The van der Waals surface area contributed by atoms with E-state index in [4.69, 9.17) is 4.42 Å². The lowest BCUT2D eigenvalue weighted by Gasteiger charge is -2.36. The van der Waals surface area contributed by atoms with Crippen molar-refractivity contribution in [3.05, 3.63) is 24.2 Å². The van der Waals surface area contributed by atoms with Gasteiger partial charge >= 0.3 is 0 Å². The zero-order valence-electron chi connectivity index (χ0n) is 8.76. The molecule has 0 radical (unpaired) electrons. The second-order valence-corrected chi connectivity index (χ2v) is 4.69. The molecule has 1 N–H and O–H groups in total. The largest absolute Gasteiger partial charge is 0.472 e. The lowest BCUT2D eigenvalue weighted by Crippen LogP contribution is -2.47. The summed E-state index contributed by atoms with van der Waals surface area (Å²) in [5.74, 6) is 0.110. The van der Waals surface area contributed by atoms with E-state index in [0.29, 0.717) is 6.42 Å². The third kappa shape index (κ3) is 1.08. The summed E-state index contributed by atoms with van der Waals surface area (Å²) in [4.78, 5) is 11.4. The minimum absolute atomic E-state index is 0.110. The molecule has 14 heavy (non-hydrogen) atoms. The normalized spacial score (nSPS) is 30.4. The van der Waals surface area contributed by atoms with Gasteiger partial charge in [-0.1, -0.05) is 6.92 Å². The van der Waals surface area contributed by atoms with E-state index in [2.05, 4.69) is 12.2 Å². The molecule has 2 heterocycles. The number of furan rings is 1. The van der Waals surface area contributed by atoms with Gasteiger partial charge in [-0.2, -0.15) is 0 Å². The van der Waals surface area contributed by atoms with Crippen molar-refractivity contribution in [2.24, 2.45) is 0 Å². The summed E-state index contributed by atoms with van der Waals surface area (Å²) in [5, 5.41) is 2.99. The van der Waals surface area contributed by atoms with Crippen LogP contribution in [0.3, 0.4) is 0 Å². The topological polar surface area (TPSA) is 42.2 Å². The van der Waals surface area contributed by atoms with Gasteiger partial charge in [0, 0.05) is 17.4 Å². The maximum atomic E-state index is 11.4. The van der Waals surface area contributed by atoms with E-state index in [9.17, 15) is 4.79 Å². The van der Waals surface area contributed by atoms with E-state index in [1.807, 2.05) is 19.9 Å². The lowest BCUT2D eigenvalue weighted by atomic mass is 9.70. The molecule has 0 bridgehead atoms. The van der Waals surface area contributed by atoms with E-state index in [-0.39, 0.29) is 16.9 Å². The predicted octanol–water partition coefficient (Wildman–Crippen LogP) is 1.84. The van der Waals surface area contributed by atoms with Crippen molar-refractivity contribution in [3.63, 3.8) is 0 Å². The van der Waals surface area contributed by atoms with Crippen molar-refractivity contribution in [2.45, 2.75) is 38.1 Å². The quantitative estimate of drug-likeness (QED) is 0.739. The molecule has 1 atom stereocenters. The summed E-state index contributed by atoms with van der Waals surface area (Å²) < 4.78 is 5.08. The molecule has 0 aromatic carbocycles. The Balaban J connectivity index is 2.45. The van der Waals surface area contributed by atoms with Crippen LogP contribution in [0.2, 0.25) is 0 Å². The first-order valence-electron chi connectivity index (χ1n) is 4.79. The van der Waals surface area contributed by atoms with Crippen LogP contribution in [0.5, 0.6) is 0 Å². The SMILES string of the molecule is CC1(C)NC(=O)CC1(C)c1ccoc1. The molecule has 3 heteroatoms. The highest BCUT2D eigenvalue weighted by Crippen LogP contribution is 2.42. The van der Waals surface area contributed by atoms with Crippen molar-refractivity contribution in [2.75, 3.05) is 0 Å². The first-order valence-corrected chi connectivity index (χ1v) is 4.79. The Hall–Kier alpha value is -1.25. The molecular weight excluding hydrogens is 178 g/mol. The molecule has 1 aromatic rings. The van der Waals surface area contributed by atoms with Crippen LogP contribution in [0.25, 0.3) is 0 Å². The van der Waals surface area contributed by atoms with E-state index in [1.165, 1.54) is 0 Å². The van der Waals surface area contributed by atoms with Gasteiger partial charge < -0.3 is 9.73 Å². The van der Waals surface area contributed by atoms with Gasteiger partial charge in [-0.3, -0.25) is 4.79 Å². The average molecular weight is 193 g/mol. The van der Waals surface area contributed by atoms with Gasteiger partial charge in [-0.05, 0) is 25.5 Å². The molecule has 1 fully saturated rings. The highest BCUT2D eigenvalue weighted by atomic mass is 16.3. The third-order valence-corrected chi connectivity index (χ3v) is 3.50. The standard InChI is InChI=1S/C11H15NO2/c1-10(2)11(3,6-9(13)12-10)8-4-5-14-7-8/h4-5,7H,6H2,1-3H3,(H,12,13). The summed E-state index contributed by atoms with van der Waals surface area (Å²) in [6, 6.07) is 1.93. The molecule has 0 aliphatic carbocycles.